The molecule has 1 unspecified atom stereocenters. The second-order valence-corrected chi connectivity index (χ2v) is 6.69. The zero-order valence-electron chi connectivity index (χ0n) is 10.5. The molecular weight excluding hydrogens is 364 g/mol. The molecule has 106 valence electrons. The third-order valence-corrected chi connectivity index (χ3v) is 4.45. The second kappa shape index (κ2) is 6.53. The van der Waals surface area contributed by atoms with Crippen LogP contribution in [0, 0.1) is 0 Å². The first-order chi connectivity index (χ1) is 9.51. The summed E-state index contributed by atoms with van der Waals surface area (Å²) in [6, 6.07) is 5.20. The van der Waals surface area contributed by atoms with Gasteiger partial charge in [-0.2, -0.15) is 0 Å². The molecule has 5 nitrogen and oxygen atoms in total. The third kappa shape index (κ3) is 3.49. The number of hydrogen-bond donors (Lipinski definition) is 3. The zero-order valence-corrected chi connectivity index (χ0v) is 13.6. The molecule has 0 aliphatic rings. The van der Waals surface area contributed by atoms with E-state index in [1.165, 1.54) is 11.3 Å². The fourth-order valence-electron chi connectivity index (χ4n) is 1.63. The smallest absolute Gasteiger partial charge is 0.255 e. The van der Waals surface area contributed by atoms with Crippen molar-refractivity contribution in [1.29, 1.82) is 0 Å². The number of amides is 1. The van der Waals surface area contributed by atoms with Crippen molar-refractivity contribution in [3.8, 4) is 0 Å². The Morgan fingerprint density at radius 1 is 1.55 bits per heavy atom. The Balaban J connectivity index is 2.18. The molecule has 0 aliphatic carbocycles. The summed E-state index contributed by atoms with van der Waals surface area (Å²) in [7, 11) is 0. The highest BCUT2D eigenvalue weighted by Gasteiger charge is 2.17. The van der Waals surface area contributed by atoms with Crippen LogP contribution in [0.3, 0.4) is 0 Å². The van der Waals surface area contributed by atoms with Gasteiger partial charge in [0.2, 0.25) is 0 Å². The van der Waals surface area contributed by atoms with Crippen LogP contribution in [-0.2, 0) is 0 Å². The average Bonchev–Trinajstić information content (AvgIpc) is 2.85. The number of nitrogens with zero attached hydrogens (tertiary/aromatic N) is 1. The molecule has 0 aliphatic heterocycles. The molecule has 2 heterocycles. The van der Waals surface area contributed by atoms with Gasteiger partial charge < -0.3 is 10.7 Å². The summed E-state index contributed by atoms with van der Waals surface area (Å²) in [4.78, 5) is 17.3. The molecule has 0 fully saturated rings. The summed E-state index contributed by atoms with van der Waals surface area (Å²) in [5.41, 5.74) is 2.78. The van der Waals surface area contributed by atoms with Crippen molar-refractivity contribution in [2.24, 2.45) is 5.84 Å². The van der Waals surface area contributed by atoms with Crippen molar-refractivity contribution in [2.45, 2.75) is 13.0 Å². The van der Waals surface area contributed by atoms with Crippen molar-refractivity contribution in [3.05, 3.63) is 43.6 Å². The average molecular weight is 376 g/mol. The summed E-state index contributed by atoms with van der Waals surface area (Å²) in [6.07, 6.45) is 1.56. The molecule has 2 aromatic heterocycles. The van der Waals surface area contributed by atoms with Crippen LogP contribution in [0.5, 0.6) is 0 Å². The number of rotatable bonds is 4. The molecule has 0 aromatic carbocycles. The van der Waals surface area contributed by atoms with Crippen LogP contribution >= 0.6 is 38.9 Å². The molecule has 8 heteroatoms. The van der Waals surface area contributed by atoms with Gasteiger partial charge in [0.25, 0.3) is 5.91 Å². The van der Waals surface area contributed by atoms with Gasteiger partial charge in [-0.1, -0.05) is 11.6 Å². The van der Waals surface area contributed by atoms with Gasteiger partial charge in [0.05, 0.1) is 15.9 Å². The van der Waals surface area contributed by atoms with E-state index in [2.05, 4.69) is 31.7 Å². The molecule has 2 rings (SSSR count). The number of anilines is 1. The second-order valence-electron chi connectivity index (χ2n) is 4.03. The maximum atomic E-state index is 12.3. The van der Waals surface area contributed by atoms with Crippen molar-refractivity contribution in [2.75, 3.05) is 5.43 Å². The number of aromatic nitrogens is 1. The van der Waals surface area contributed by atoms with Crippen molar-refractivity contribution >= 4 is 50.6 Å². The maximum absolute atomic E-state index is 12.3. The standard InChI is InChI=1S/C12H12BrClN4OS/c1-6(9-2-3-10(14)20-9)17-12(19)8-4-7(13)5-16-11(8)18-15/h2-6H,15H2,1H3,(H,16,18)(H,17,19). The minimum Gasteiger partial charge on any atom is -0.345 e. The van der Waals surface area contributed by atoms with Gasteiger partial charge in [-0.25, -0.2) is 10.8 Å². The summed E-state index contributed by atoms with van der Waals surface area (Å²) in [5.74, 6) is 5.42. The fraction of sp³-hybridized carbons (Fsp3) is 0.167. The highest BCUT2D eigenvalue weighted by Crippen LogP contribution is 2.27. The topological polar surface area (TPSA) is 80.0 Å². The van der Waals surface area contributed by atoms with Crippen LogP contribution < -0.4 is 16.6 Å². The van der Waals surface area contributed by atoms with Gasteiger partial charge in [-0.05, 0) is 41.1 Å². The van der Waals surface area contributed by atoms with Gasteiger partial charge >= 0.3 is 0 Å². The Kier molecular flexibility index (Phi) is 4.98. The number of nitrogens with one attached hydrogen (secondary N) is 2. The van der Waals surface area contributed by atoms with E-state index >= 15 is 0 Å². The Hall–Kier alpha value is -1.15. The minimum atomic E-state index is -0.260. The summed E-state index contributed by atoms with van der Waals surface area (Å²) < 4.78 is 1.39. The van der Waals surface area contributed by atoms with Crippen LogP contribution in [-0.4, -0.2) is 10.9 Å². The zero-order chi connectivity index (χ0) is 14.7. The Labute approximate surface area is 133 Å². The molecule has 0 radical (unpaired) electrons. The molecule has 4 N–H and O–H groups in total. The molecular formula is C12H12BrClN4OS. The molecule has 20 heavy (non-hydrogen) atoms. The number of nitrogens with two attached hydrogens (primary N) is 1. The first-order valence-corrected chi connectivity index (χ1v) is 7.68. The van der Waals surface area contributed by atoms with E-state index in [4.69, 9.17) is 17.4 Å². The van der Waals surface area contributed by atoms with Crippen LogP contribution in [0.25, 0.3) is 0 Å². The van der Waals surface area contributed by atoms with Gasteiger partial charge in [-0.3, -0.25) is 4.79 Å². The quantitative estimate of drug-likeness (QED) is 0.565. The van der Waals surface area contributed by atoms with E-state index in [0.29, 0.717) is 20.2 Å². The molecule has 0 bridgehead atoms. The van der Waals surface area contributed by atoms with E-state index in [1.54, 1.807) is 18.3 Å². The van der Waals surface area contributed by atoms with E-state index in [0.717, 1.165) is 4.88 Å². The number of thiophene rings is 1. The summed E-state index contributed by atoms with van der Waals surface area (Å²) in [5, 5.41) is 2.88. The minimum absolute atomic E-state index is 0.149. The number of pyridine rings is 1. The maximum Gasteiger partial charge on any atom is 0.255 e. The number of halogens is 2. The van der Waals surface area contributed by atoms with Crippen molar-refractivity contribution in [1.82, 2.24) is 10.3 Å². The van der Waals surface area contributed by atoms with Gasteiger partial charge in [0.15, 0.2) is 5.82 Å². The molecule has 2 aromatic rings. The van der Waals surface area contributed by atoms with Crippen LogP contribution in [0.15, 0.2) is 28.9 Å². The monoisotopic (exact) mass is 374 g/mol. The van der Waals surface area contributed by atoms with Gasteiger partial charge in [0, 0.05) is 15.5 Å². The Morgan fingerprint density at radius 2 is 2.30 bits per heavy atom. The van der Waals surface area contributed by atoms with Crippen LogP contribution in [0.4, 0.5) is 5.82 Å². The summed E-state index contributed by atoms with van der Waals surface area (Å²) >= 11 is 10.6. The predicted molar refractivity (Wildman–Crippen MR) is 85.0 cm³/mol. The van der Waals surface area contributed by atoms with E-state index in [1.807, 2.05) is 13.0 Å². The largest absolute Gasteiger partial charge is 0.345 e. The highest BCUT2D eigenvalue weighted by molar-refractivity contribution is 9.10. The normalized spacial score (nSPS) is 12.0. The molecule has 1 atom stereocenters. The third-order valence-electron chi connectivity index (χ3n) is 2.60. The molecule has 0 spiro atoms. The lowest BCUT2D eigenvalue weighted by Gasteiger charge is -2.14. The number of carbonyl (C=O) groups excluding carboxylic acids is 1. The van der Waals surface area contributed by atoms with Gasteiger partial charge in [0.1, 0.15) is 0 Å². The first kappa shape index (κ1) is 15.2. The number of hydrogen-bond acceptors (Lipinski definition) is 5. The number of carbonyl (C=O) groups is 1. The Morgan fingerprint density at radius 3 is 2.90 bits per heavy atom. The molecule has 1 amide bonds. The van der Waals surface area contributed by atoms with E-state index in [-0.39, 0.29) is 11.9 Å². The van der Waals surface area contributed by atoms with E-state index in [9.17, 15) is 4.79 Å². The first-order valence-electron chi connectivity index (χ1n) is 5.69. The van der Waals surface area contributed by atoms with Crippen LogP contribution in [0.2, 0.25) is 4.34 Å². The van der Waals surface area contributed by atoms with Crippen molar-refractivity contribution < 1.29 is 4.79 Å². The van der Waals surface area contributed by atoms with Gasteiger partial charge in [-0.15, -0.1) is 11.3 Å². The lowest BCUT2D eigenvalue weighted by molar-refractivity contribution is 0.0941. The SMILES string of the molecule is CC(NC(=O)c1cc(Br)cnc1NN)c1ccc(Cl)s1. The summed E-state index contributed by atoms with van der Waals surface area (Å²) in [6.45, 7) is 1.89. The Bertz CT molecular complexity index is 634. The number of nitrogen functional groups attached to an aromatic ring is 1. The van der Waals surface area contributed by atoms with Crippen LogP contribution in [0.1, 0.15) is 28.2 Å². The number of hydrazine groups is 1. The highest BCUT2D eigenvalue weighted by atomic mass is 79.9. The van der Waals surface area contributed by atoms with Crippen molar-refractivity contribution in [3.63, 3.8) is 0 Å². The molecule has 0 saturated carbocycles. The predicted octanol–water partition coefficient (Wildman–Crippen LogP) is 3.34. The fourth-order valence-corrected chi connectivity index (χ4v) is 3.03. The lowest BCUT2D eigenvalue weighted by atomic mass is 10.2. The van der Waals surface area contributed by atoms with E-state index < -0.39 is 0 Å². The lowest BCUT2D eigenvalue weighted by Crippen LogP contribution is -2.28. The molecule has 0 saturated heterocycles.